The molecule has 0 fully saturated rings. The molecule has 0 radical (unpaired) electrons. The Bertz CT molecular complexity index is 182. The van der Waals surface area contributed by atoms with Crippen LogP contribution in [0.4, 0.5) is 0 Å². The highest BCUT2D eigenvalue weighted by Crippen LogP contribution is 1.95. The maximum Gasteiger partial charge on any atom is 0.0558 e. The Balaban J connectivity index is -0.00000128. The van der Waals surface area contributed by atoms with Crippen molar-refractivity contribution in [3.8, 4) is 0 Å². The molecule has 0 amide bonds. The third-order valence-corrected chi connectivity index (χ3v) is 2.58. The second kappa shape index (κ2) is 18.1. The van der Waals surface area contributed by atoms with Crippen LogP contribution in [-0.2, 0) is 0 Å². The molecular weight excluding hydrogens is 291 g/mol. The Kier molecular flexibility index (Phi) is 23.0. The van der Waals surface area contributed by atoms with Gasteiger partial charge in [-0.25, -0.2) is 0 Å². The van der Waals surface area contributed by atoms with Crippen LogP contribution in [0.1, 0.15) is 6.42 Å². The van der Waals surface area contributed by atoms with E-state index in [1.54, 1.807) is 0 Å². The van der Waals surface area contributed by atoms with Crippen LogP contribution >= 0.6 is 24.8 Å². The van der Waals surface area contributed by atoms with Gasteiger partial charge in [-0.2, -0.15) is 0 Å². The number of nitrogens with zero attached hydrogens (tertiary/aromatic N) is 2. The molecule has 0 spiro atoms. The van der Waals surface area contributed by atoms with Gasteiger partial charge in [-0.3, -0.25) is 9.80 Å². The summed E-state index contributed by atoms with van der Waals surface area (Å²) in [7, 11) is 0. The van der Waals surface area contributed by atoms with Gasteiger partial charge in [0.15, 0.2) is 0 Å². The SMILES string of the molecule is C=CCN(CCO)CCCN(CCO)CCO.Cl.Cl. The fourth-order valence-corrected chi connectivity index (χ4v) is 1.75. The average molecular weight is 319 g/mol. The van der Waals surface area contributed by atoms with Crippen molar-refractivity contribution < 1.29 is 15.3 Å². The molecular formula is C12H28Cl2N2O3. The van der Waals surface area contributed by atoms with Gasteiger partial charge in [-0.1, -0.05) is 6.08 Å². The Labute approximate surface area is 128 Å². The second-order valence-electron chi connectivity index (χ2n) is 3.96. The Hall–Kier alpha value is 0.120. The largest absolute Gasteiger partial charge is 0.395 e. The number of hydrogen-bond acceptors (Lipinski definition) is 5. The third kappa shape index (κ3) is 14.3. The molecule has 0 aliphatic heterocycles. The van der Waals surface area contributed by atoms with Gasteiger partial charge in [0.25, 0.3) is 0 Å². The van der Waals surface area contributed by atoms with Crippen LogP contribution in [-0.4, -0.2) is 84.2 Å². The monoisotopic (exact) mass is 318 g/mol. The summed E-state index contributed by atoms with van der Waals surface area (Å²) >= 11 is 0. The summed E-state index contributed by atoms with van der Waals surface area (Å²) in [6.07, 6.45) is 2.78. The van der Waals surface area contributed by atoms with Gasteiger partial charge >= 0.3 is 0 Å². The standard InChI is InChI=1S/C12H26N2O3.2ClH/c1-2-4-13(7-10-15)5-3-6-14(8-11-16)9-12-17;;/h2,15-17H,1,3-12H2;2*1H. The molecule has 0 aromatic rings. The van der Waals surface area contributed by atoms with Crippen molar-refractivity contribution in [2.24, 2.45) is 0 Å². The van der Waals surface area contributed by atoms with E-state index in [-0.39, 0.29) is 44.6 Å². The van der Waals surface area contributed by atoms with Crippen molar-refractivity contribution in [1.82, 2.24) is 9.80 Å². The molecule has 0 aromatic heterocycles. The van der Waals surface area contributed by atoms with Gasteiger partial charge < -0.3 is 15.3 Å². The van der Waals surface area contributed by atoms with Gasteiger partial charge in [0.1, 0.15) is 0 Å². The Morgan fingerprint density at radius 1 is 0.737 bits per heavy atom. The molecule has 0 saturated carbocycles. The van der Waals surface area contributed by atoms with Gasteiger partial charge in [-0.05, 0) is 19.5 Å². The van der Waals surface area contributed by atoms with E-state index in [9.17, 15) is 0 Å². The molecule has 7 heteroatoms. The summed E-state index contributed by atoms with van der Waals surface area (Å²) < 4.78 is 0. The third-order valence-electron chi connectivity index (χ3n) is 2.58. The molecule has 118 valence electrons. The predicted molar refractivity (Wildman–Crippen MR) is 83.4 cm³/mol. The van der Waals surface area contributed by atoms with Crippen LogP contribution in [0.25, 0.3) is 0 Å². The topological polar surface area (TPSA) is 67.2 Å². The van der Waals surface area contributed by atoms with Gasteiger partial charge in [0.05, 0.1) is 19.8 Å². The number of hydrogen-bond donors (Lipinski definition) is 3. The average Bonchev–Trinajstić information content (AvgIpc) is 2.30. The molecule has 0 saturated heterocycles. The van der Waals surface area contributed by atoms with Crippen LogP contribution < -0.4 is 0 Å². The molecule has 5 nitrogen and oxygen atoms in total. The normalized spacial score (nSPS) is 10.2. The molecule has 0 bridgehead atoms. The van der Waals surface area contributed by atoms with E-state index in [1.165, 1.54) is 0 Å². The van der Waals surface area contributed by atoms with E-state index in [0.29, 0.717) is 19.6 Å². The summed E-state index contributed by atoms with van der Waals surface area (Å²) in [5.74, 6) is 0. The fraction of sp³-hybridized carbons (Fsp3) is 0.833. The molecule has 0 unspecified atom stereocenters. The smallest absolute Gasteiger partial charge is 0.0558 e. The van der Waals surface area contributed by atoms with E-state index in [0.717, 1.165) is 26.1 Å². The van der Waals surface area contributed by atoms with Crippen molar-refractivity contribution in [2.75, 3.05) is 59.1 Å². The van der Waals surface area contributed by atoms with Crippen LogP contribution in [0.5, 0.6) is 0 Å². The lowest BCUT2D eigenvalue weighted by Crippen LogP contribution is -2.34. The highest BCUT2D eigenvalue weighted by atomic mass is 35.5. The molecule has 0 heterocycles. The Morgan fingerprint density at radius 3 is 1.58 bits per heavy atom. The maximum atomic E-state index is 8.89. The lowest BCUT2D eigenvalue weighted by atomic mass is 10.3. The minimum Gasteiger partial charge on any atom is -0.395 e. The zero-order valence-electron chi connectivity index (χ0n) is 11.4. The minimum absolute atomic E-state index is 0. The minimum atomic E-state index is 0. The molecule has 19 heavy (non-hydrogen) atoms. The van der Waals surface area contributed by atoms with Gasteiger partial charge in [0, 0.05) is 26.2 Å². The van der Waals surface area contributed by atoms with Gasteiger partial charge in [0.2, 0.25) is 0 Å². The summed E-state index contributed by atoms with van der Waals surface area (Å²) in [6, 6.07) is 0. The van der Waals surface area contributed by atoms with E-state index in [4.69, 9.17) is 15.3 Å². The number of halogens is 2. The number of aliphatic hydroxyl groups is 3. The van der Waals surface area contributed by atoms with E-state index in [2.05, 4.69) is 11.5 Å². The first-order valence-electron chi connectivity index (χ1n) is 6.16. The van der Waals surface area contributed by atoms with E-state index < -0.39 is 0 Å². The molecule has 0 aromatic carbocycles. The van der Waals surface area contributed by atoms with Crippen molar-refractivity contribution in [3.05, 3.63) is 12.7 Å². The molecule has 0 atom stereocenters. The highest BCUT2D eigenvalue weighted by Gasteiger charge is 2.05. The molecule has 0 rings (SSSR count). The van der Waals surface area contributed by atoms with Crippen molar-refractivity contribution in [1.29, 1.82) is 0 Å². The molecule has 0 aliphatic carbocycles. The summed E-state index contributed by atoms with van der Waals surface area (Å²) in [4.78, 5) is 4.16. The lowest BCUT2D eigenvalue weighted by molar-refractivity contribution is 0.150. The molecule has 3 N–H and O–H groups in total. The summed E-state index contributed by atoms with van der Waals surface area (Å²) in [5, 5.41) is 26.6. The van der Waals surface area contributed by atoms with Crippen LogP contribution in [0.2, 0.25) is 0 Å². The lowest BCUT2D eigenvalue weighted by Gasteiger charge is -2.23. The fourth-order valence-electron chi connectivity index (χ4n) is 1.75. The maximum absolute atomic E-state index is 8.89. The summed E-state index contributed by atoms with van der Waals surface area (Å²) in [6.45, 7) is 8.45. The van der Waals surface area contributed by atoms with Gasteiger partial charge in [-0.15, -0.1) is 31.4 Å². The zero-order chi connectivity index (χ0) is 12.9. The predicted octanol–water partition coefficient (Wildman–Crippen LogP) is -0.0130. The first-order chi connectivity index (χ1) is 8.28. The van der Waals surface area contributed by atoms with Crippen molar-refractivity contribution in [2.45, 2.75) is 6.42 Å². The first kappa shape index (κ1) is 24.2. The van der Waals surface area contributed by atoms with Crippen LogP contribution in [0, 0.1) is 0 Å². The highest BCUT2D eigenvalue weighted by molar-refractivity contribution is 5.85. The summed E-state index contributed by atoms with van der Waals surface area (Å²) in [5.41, 5.74) is 0. The van der Waals surface area contributed by atoms with Crippen molar-refractivity contribution >= 4 is 24.8 Å². The van der Waals surface area contributed by atoms with E-state index in [1.807, 2.05) is 11.0 Å². The molecule has 0 aliphatic rings. The number of aliphatic hydroxyl groups excluding tert-OH is 3. The van der Waals surface area contributed by atoms with Crippen LogP contribution in [0.15, 0.2) is 12.7 Å². The van der Waals surface area contributed by atoms with E-state index >= 15 is 0 Å². The van der Waals surface area contributed by atoms with Crippen molar-refractivity contribution in [3.63, 3.8) is 0 Å². The zero-order valence-corrected chi connectivity index (χ0v) is 13.0. The number of rotatable bonds is 12. The first-order valence-corrected chi connectivity index (χ1v) is 6.16. The van der Waals surface area contributed by atoms with Crippen LogP contribution in [0.3, 0.4) is 0 Å². The Morgan fingerprint density at radius 2 is 1.16 bits per heavy atom. The quantitative estimate of drug-likeness (QED) is 0.442. The second-order valence-corrected chi connectivity index (χ2v) is 3.96.